The lowest BCUT2D eigenvalue weighted by Gasteiger charge is -2.28. The van der Waals surface area contributed by atoms with Crippen LogP contribution in [0.25, 0.3) is 0 Å². The van der Waals surface area contributed by atoms with Gasteiger partial charge in [-0.2, -0.15) is 9.78 Å². The highest BCUT2D eigenvalue weighted by Crippen LogP contribution is 2.35. The van der Waals surface area contributed by atoms with Crippen molar-refractivity contribution in [3.05, 3.63) is 41.2 Å². The van der Waals surface area contributed by atoms with Crippen LogP contribution >= 0.6 is 11.8 Å². The highest BCUT2D eigenvalue weighted by Gasteiger charge is 2.37. The van der Waals surface area contributed by atoms with Gasteiger partial charge in [-0.05, 0) is 45.7 Å². The number of carbonyl (C=O) groups is 1. The number of ether oxygens (including phenoxy) is 1. The van der Waals surface area contributed by atoms with Gasteiger partial charge in [-0.15, -0.1) is 10.2 Å². The van der Waals surface area contributed by atoms with E-state index >= 15 is 0 Å². The Kier molecular flexibility index (Phi) is 5.05. The normalized spacial score (nSPS) is 19.1. The van der Waals surface area contributed by atoms with Gasteiger partial charge in [0, 0.05) is 23.9 Å². The summed E-state index contributed by atoms with van der Waals surface area (Å²) in [5, 5.41) is 13.5. The molecule has 1 amide bonds. The summed E-state index contributed by atoms with van der Waals surface area (Å²) in [6.45, 7) is 6.01. The highest BCUT2D eigenvalue weighted by atomic mass is 32.2. The molecule has 154 valence electrons. The van der Waals surface area contributed by atoms with Crippen LogP contribution < -0.4 is 0 Å². The predicted octanol–water partition coefficient (Wildman–Crippen LogP) is 3.99. The van der Waals surface area contributed by atoms with Crippen molar-refractivity contribution >= 4 is 23.6 Å². The summed E-state index contributed by atoms with van der Waals surface area (Å²) in [5.74, 6) is -0.407. The van der Waals surface area contributed by atoms with Crippen molar-refractivity contribution in [2.75, 3.05) is 12.3 Å². The molecule has 1 fully saturated rings. The number of hydrogen-bond donors (Lipinski definition) is 0. The number of amides is 1. The molecule has 0 saturated carbocycles. The molecule has 2 aliphatic heterocycles. The molecule has 4 rings (SSSR count). The minimum atomic E-state index is -0.668. The number of fused-ring (bicyclic) bond motifs is 1. The molecule has 0 radical (unpaired) electrons. The van der Waals surface area contributed by atoms with Crippen LogP contribution in [0.2, 0.25) is 0 Å². The topological polar surface area (TPSA) is 72.6 Å². The zero-order valence-electron chi connectivity index (χ0n) is 16.4. The second kappa shape index (κ2) is 7.40. The molecule has 0 aliphatic carbocycles. The van der Waals surface area contributed by atoms with Crippen molar-refractivity contribution in [3.8, 4) is 0 Å². The number of hydrogen-bond acceptors (Lipinski definition) is 6. The number of halogens is 2. The van der Waals surface area contributed by atoms with E-state index in [9.17, 15) is 13.6 Å². The molecule has 29 heavy (non-hydrogen) atoms. The number of rotatable bonds is 2. The predicted molar refractivity (Wildman–Crippen MR) is 104 cm³/mol. The molecular formula is C19H21F2N5O2S. The highest BCUT2D eigenvalue weighted by molar-refractivity contribution is 7.99. The summed E-state index contributed by atoms with van der Waals surface area (Å²) < 4.78 is 34.5. The van der Waals surface area contributed by atoms with Crippen LogP contribution in [0.5, 0.6) is 0 Å². The average molecular weight is 421 g/mol. The molecule has 7 nitrogen and oxygen atoms in total. The maximum absolute atomic E-state index is 14.2. The van der Waals surface area contributed by atoms with Crippen molar-refractivity contribution in [2.24, 2.45) is 5.10 Å². The van der Waals surface area contributed by atoms with E-state index in [0.29, 0.717) is 35.4 Å². The second-order valence-corrected chi connectivity index (χ2v) is 8.89. The van der Waals surface area contributed by atoms with Crippen molar-refractivity contribution < 1.29 is 18.3 Å². The summed E-state index contributed by atoms with van der Waals surface area (Å²) in [6, 6.07) is 3.09. The third-order valence-corrected chi connectivity index (χ3v) is 5.55. The van der Waals surface area contributed by atoms with Crippen LogP contribution in [0.15, 0.2) is 28.5 Å². The third-order valence-electron chi connectivity index (χ3n) is 4.62. The maximum Gasteiger partial charge on any atom is 0.410 e. The summed E-state index contributed by atoms with van der Waals surface area (Å²) in [5.41, 5.74) is 0.0953. The lowest BCUT2D eigenvalue weighted by atomic mass is 10.1. The first-order valence-electron chi connectivity index (χ1n) is 9.34. The van der Waals surface area contributed by atoms with Crippen molar-refractivity contribution in [1.29, 1.82) is 0 Å². The van der Waals surface area contributed by atoms with Gasteiger partial charge in [0.1, 0.15) is 17.2 Å². The molecule has 2 aromatic rings. The van der Waals surface area contributed by atoms with Crippen LogP contribution in [0.3, 0.4) is 0 Å². The number of nitrogens with zero attached hydrogens (tertiary/aromatic N) is 5. The number of benzene rings is 1. The SMILES string of the molecule is CC(C)(C)OC(=O)N1CCCC1c1nnc2n1N=C(c1ccc(F)cc1F)CS2. The molecule has 0 N–H and O–H groups in total. The molecular weight excluding hydrogens is 400 g/mol. The van der Waals surface area contributed by atoms with Gasteiger partial charge in [-0.3, -0.25) is 4.90 Å². The monoisotopic (exact) mass is 421 g/mol. The zero-order chi connectivity index (χ0) is 20.8. The summed E-state index contributed by atoms with van der Waals surface area (Å²) in [6.07, 6.45) is 1.11. The van der Waals surface area contributed by atoms with E-state index in [2.05, 4.69) is 15.3 Å². The number of carbonyl (C=O) groups excluding carboxylic acids is 1. The van der Waals surface area contributed by atoms with Gasteiger partial charge < -0.3 is 4.74 Å². The van der Waals surface area contributed by atoms with Gasteiger partial charge in [-0.25, -0.2) is 13.6 Å². The second-order valence-electron chi connectivity index (χ2n) is 7.94. The van der Waals surface area contributed by atoms with Gasteiger partial charge in [-0.1, -0.05) is 11.8 Å². The van der Waals surface area contributed by atoms with Crippen LogP contribution in [0, 0.1) is 11.6 Å². The van der Waals surface area contributed by atoms with Crippen LogP contribution in [0.1, 0.15) is 51.0 Å². The molecule has 2 aliphatic rings. The Hall–Kier alpha value is -2.49. The molecule has 0 bridgehead atoms. The Morgan fingerprint density at radius 1 is 1.28 bits per heavy atom. The molecule has 1 aromatic heterocycles. The Morgan fingerprint density at radius 2 is 2.07 bits per heavy atom. The molecule has 1 unspecified atom stereocenters. The maximum atomic E-state index is 14.2. The van der Waals surface area contributed by atoms with E-state index in [0.717, 1.165) is 12.5 Å². The van der Waals surface area contributed by atoms with E-state index in [1.165, 1.54) is 23.9 Å². The average Bonchev–Trinajstić information content (AvgIpc) is 3.26. The van der Waals surface area contributed by atoms with Gasteiger partial charge in [0.05, 0.1) is 11.8 Å². The third kappa shape index (κ3) is 3.98. The fourth-order valence-electron chi connectivity index (χ4n) is 3.38. The largest absolute Gasteiger partial charge is 0.444 e. The fraction of sp³-hybridized carbons (Fsp3) is 0.474. The van der Waals surface area contributed by atoms with E-state index in [1.807, 2.05) is 20.8 Å². The lowest BCUT2D eigenvalue weighted by Crippen LogP contribution is -2.37. The van der Waals surface area contributed by atoms with E-state index in [4.69, 9.17) is 4.74 Å². The minimum absolute atomic E-state index is 0.236. The molecule has 1 saturated heterocycles. The molecule has 10 heteroatoms. The van der Waals surface area contributed by atoms with E-state index in [1.54, 1.807) is 9.58 Å². The number of aromatic nitrogens is 3. The Bertz CT molecular complexity index is 985. The van der Waals surface area contributed by atoms with Crippen LogP contribution in [0.4, 0.5) is 13.6 Å². The first-order valence-corrected chi connectivity index (χ1v) is 10.3. The summed E-state index contributed by atoms with van der Waals surface area (Å²) in [7, 11) is 0. The van der Waals surface area contributed by atoms with Crippen molar-refractivity contribution in [1.82, 2.24) is 19.8 Å². The Morgan fingerprint density at radius 3 is 2.79 bits per heavy atom. The number of likely N-dealkylation sites (tertiary alicyclic amines) is 1. The van der Waals surface area contributed by atoms with Gasteiger partial charge in [0.2, 0.25) is 5.16 Å². The minimum Gasteiger partial charge on any atom is -0.444 e. The first kappa shape index (κ1) is 19.8. The zero-order valence-corrected chi connectivity index (χ0v) is 17.2. The van der Waals surface area contributed by atoms with E-state index < -0.39 is 23.3 Å². The number of thioether (sulfide) groups is 1. The van der Waals surface area contributed by atoms with Crippen LogP contribution in [-0.2, 0) is 4.74 Å². The van der Waals surface area contributed by atoms with Gasteiger partial charge in [0.15, 0.2) is 5.82 Å². The van der Waals surface area contributed by atoms with E-state index in [-0.39, 0.29) is 11.6 Å². The lowest BCUT2D eigenvalue weighted by molar-refractivity contribution is 0.0215. The smallest absolute Gasteiger partial charge is 0.410 e. The van der Waals surface area contributed by atoms with Gasteiger partial charge >= 0.3 is 6.09 Å². The standard InChI is InChI=1S/C19H21F2N5O2S/c1-19(2,3)28-18(27)25-8-4-5-15(25)16-22-23-17-26(16)24-14(10-29-17)12-7-6-11(20)9-13(12)21/h6-7,9,15H,4-5,8,10H2,1-3H3. The molecule has 3 heterocycles. The fourth-order valence-corrected chi connectivity index (χ4v) is 4.21. The van der Waals surface area contributed by atoms with Gasteiger partial charge in [0.25, 0.3) is 0 Å². The summed E-state index contributed by atoms with van der Waals surface area (Å²) >= 11 is 1.37. The quantitative estimate of drug-likeness (QED) is 0.733. The van der Waals surface area contributed by atoms with Crippen molar-refractivity contribution in [2.45, 2.75) is 50.4 Å². The Labute approximate surface area is 171 Å². The van der Waals surface area contributed by atoms with Crippen LogP contribution in [-0.4, -0.2) is 49.5 Å². The Balaban J connectivity index is 1.66. The summed E-state index contributed by atoms with van der Waals surface area (Å²) in [4.78, 5) is 14.3. The molecule has 1 aromatic carbocycles. The first-order chi connectivity index (χ1) is 13.7. The molecule has 1 atom stereocenters. The molecule has 0 spiro atoms. The van der Waals surface area contributed by atoms with Crippen molar-refractivity contribution in [3.63, 3.8) is 0 Å².